The molecule has 2 nitrogen and oxygen atoms in total. The Kier molecular flexibility index (Phi) is 4.37. The lowest BCUT2D eigenvalue weighted by Gasteiger charge is -2.14. The van der Waals surface area contributed by atoms with E-state index in [2.05, 4.69) is 18.3 Å². The van der Waals surface area contributed by atoms with Crippen molar-refractivity contribution in [3.05, 3.63) is 70.3 Å². The van der Waals surface area contributed by atoms with Gasteiger partial charge in [0.1, 0.15) is 17.2 Å². The molecule has 1 saturated carbocycles. The summed E-state index contributed by atoms with van der Waals surface area (Å²) in [4.78, 5) is 12.4. The van der Waals surface area contributed by atoms with Crippen LogP contribution in [0.25, 0.3) is 5.57 Å². The average molecular weight is 367 g/mol. The third kappa shape index (κ3) is 3.29. The van der Waals surface area contributed by atoms with E-state index in [1.165, 1.54) is 42.0 Å². The van der Waals surface area contributed by atoms with Crippen LogP contribution in [0.1, 0.15) is 61.0 Å². The maximum Gasteiger partial charge on any atom is 0.261 e. The van der Waals surface area contributed by atoms with Gasteiger partial charge < -0.3 is 5.32 Å². The van der Waals surface area contributed by atoms with Gasteiger partial charge in [-0.3, -0.25) is 4.79 Å². The van der Waals surface area contributed by atoms with E-state index in [4.69, 9.17) is 0 Å². The molecule has 0 aliphatic heterocycles. The van der Waals surface area contributed by atoms with Crippen molar-refractivity contribution in [2.75, 3.05) is 5.32 Å². The SMILES string of the molecule is CCc1cc(C2=C(C)CC3(CC3)C2)ccc1NC(=O)c1c(F)cccc1F. The molecule has 2 aliphatic rings. The molecule has 0 aromatic heterocycles. The Labute approximate surface area is 158 Å². The van der Waals surface area contributed by atoms with Crippen molar-refractivity contribution in [1.82, 2.24) is 0 Å². The zero-order valence-electron chi connectivity index (χ0n) is 15.7. The molecule has 140 valence electrons. The van der Waals surface area contributed by atoms with Crippen molar-refractivity contribution < 1.29 is 13.6 Å². The Morgan fingerprint density at radius 1 is 1.11 bits per heavy atom. The van der Waals surface area contributed by atoms with E-state index in [1.54, 1.807) is 0 Å². The smallest absolute Gasteiger partial charge is 0.261 e. The van der Waals surface area contributed by atoms with E-state index in [-0.39, 0.29) is 0 Å². The van der Waals surface area contributed by atoms with E-state index >= 15 is 0 Å². The number of hydrogen-bond acceptors (Lipinski definition) is 1. The topological polar surface area (TPSA) is 29.1 Å². The standard InChI is InChI=1S/C23H23F2NO/c1-3-15-11-16(17-13-23(9-10-23)12-14(17)2)7-8-20(15)26-22(27)21-18(24)5-4-6-19(21)25/h4-8,11H,3,9-10,12-13H2,1-2H3,(H,26,27). The van der Waals surface area contributed by atoms with Crippen LogP contribution in [0.15, 0.2) is 42.0 Å². The van der Waals surface area contributed by atoms with E-state index < -0.39 is 23.1 Å². The number of carbonyl (C=O) groups excluding carboxylic acids is 1. The Hall–Kier alpha value is -2.49. The van der Waals surface area contributed by atoms with Gasteiger partial charge >= 0.3 is 0 Å². The zero-order valence-corrected chi connectivity index (χ0v) is 15.7. The molecule has 1 amide bonds. The van der Waals surface area contributed by atoms with E-state index in [9.17, 15) is 13.6 Å². The number of rotatable bonds is 4. The van der Waals surface area contributed by atoms with Crippen molar-refractivity contribution in [3.63, 3.8) is 0 Å². The van der Waals surface area contributed by atoms with Crippen LogP contribution in [0.3, 0.4) is 0 Å². The van der Waals surface area contributed by atoms with E-state index in [1.807, 2.05) is 19.1 Å². The van der Waals surface area contributed by atoms with Crippen molar-refractivity contribution in [3.8, 4) is 0 Å². The number of aryl methyl sites for hydroxylation is 1. The molecule has 0 atom stereocenters. The molecule has 2 aliphatic carbocycles. The van der Waals surface area contributed by atoms with Crippen LogP contribution in [0.4, 0.5) is 14.5 Å². The van der Waals surface area contributed by atoms with Gasteiger partial charge in [-0.1, -0.05) is 24.6 Å². The first-order valence-electron chi connectivity index (χ1n) is 9.50. The maximum absolute atomic E-state index is 13.9. The summed E-state index contributed by atoms with van der Waals surface area (Å²) in [6, 6.07) is 9.39. The largest absolute Gasteiger partial charge is 0.322 e. The van der Waals surface area contributed by atoms with Gasteiger partial charge in [-0.15, -0.1) is 0 Å². The van der Waals surface area contributed by atoms with Crippen LogP contribution < -0.4 is 5.32 Å². The van der Waals surface area contributed by atoms with Gasteiger partial charge in [0.15, 0.2) is 0 Å². The van der Waals surface area contributed by atoms with Gasteiger partial charge in [-0.2, -0.15) is 0 Å². The second-order valence-corrected chi connectivity index (χ2v) is 7.89. The highest BCUT2D eigenvalue weighted by Crippen LogP contribution is 2.61. The maximum atomic E-state index is 13.9. The van der Waals surface area contributed by atoms with Crippen LogP contribution in [0, 0.1) is 17.0 Å². The first-order chi connectivity index (χ1) is 12.9. The number of hydrogen-bond donors (Lipinski definition) is 1. The fraction of sp³-hybridized carbons (Fsp3) is 0.348. The predicted molar refractivity (Wildman–Crippen MR) is 104 cm³/mol. The molecule has 0 saturated heterocycles. The number of halogens is 2. The summed E-state index contributed by atoms with van der Waals surface area (Å²) in [7, 11) is 0. The van der Waals surface area contributed by atoms with E-state index in [0.717, 1.165) is 30.5 Å². The lowest BCUT2D eigenvalue weighted by molar-refractivity contribution is 0.101. The van der Waals surface area contributed by atoms with Crippen molar-refractivity contribution in [2.24, 2.45) is 5.41 Å². The summed E-state index contributed by atoms with van der Waals surface area (Å²) in [5.74, 6) is -2.48. The second-order valence-electron chi connectivity index (χ2n) is 7.89. The first kappa shape index (κ1) is 17.9. The number of carbonyl (C=O) groups is 1. The zero-order chi connectivity index (χ0) is 19.2. The Balaban J connectivity index is 1.61. The summed E-state index contributed by atoms with van der Waals surface area (Å²) >= 11 is 0. The summed E-state index contributed by atoms with van der Waals surface area (Å²) in [5, 5.41) is 2.68. The van der Waals surface area contributed by atoms with Crippen molar-refractivity contribution >= 4 is 17.2 Å². The molecule has 0 radical (unpaired) electrons. The molecule has 4 rings (SSSR count). The summed E-state index contributed by atoms with van der Waals surface area (Å²) in [6.07, 6.45) is 5.68. The third-order valence-electron chi connectivity index (χ3n) is 5.94. The van der Waals surface area contributed by atoms with Gasteiger partial charge in [0, 0.05) is 5.69 Å². The molecule has 0 unspecified atom stereocenters. The van der Waals surface area contributed by atoms with Gasteiger partial charge in [0.2, 0.25) is 0 Å². The normalized spacial score (nSPS) is 17.5. The Morgan fingerprint density at radius 2 is 1.81 bits per heavy atom. The highest BCUT2D eigenvalue weighted by Gasteiger charge is 2.47. The van der Waals surface area contributed by atoms with E-state index in [0.29, 0.717) is 11.1 Å². The van der Waals surface area contributed by atoms with Gasteiger partial charge in [0.25, 0.3) is 5.91 Å². The van der Waals surface area contributed by atoms with Crippen molar-refractivity contribution in [1.29, 1.82) is 0 Å². The molecule has 0 heterocycles. The number of anilines is 1. The Morgan fingerprint density at radius 3 is 2.41 bits per heavy atom. The molecule has 2 aromatic carbocycles. The van der Waals surface area contributed by atoms with Crippen LogP contribution >= 0.6 is 0 Å². The van der Waals surface area contributed by atoms with Gasteiger partial charge in [0.05, 0.1) is 0 Å². The van der Waals surface area contributed by atoms with Crippen LogP contribution in [0.5, 0.6) is 0 Å². The minimum atomic E-state index is -0.858. The van der Waals surface area contributed by atoms with Crippen LogP contribution in [-0.2, 0) is 6.42 Å². The van der Waals surface area contributed by atoms with Crippen LogP contribution in [0.2, 0.25) is 0 Å². The number of benzene rings is 2. The average Bonchev–Trinajstić information content (AvgIpc) is 3.30. The first-order valence-corrected chi connectivity index (χ1v) is 9.50. The highest BCUT2D eigenvalue weighted by atomic mass is 19.1. The molecule has 4 heteroatoms. The number of amides is 1. The molecule has 1 N–H and O–H groups in total. The fourth-order valence-corrected chi connectivity index (χ4v) is 4.23. The molecule has 0 bridgehead atoms. The number of allylic oxidation sites excluding steroid dienone is 2. The van der Waals surface area contributed by atoms with Gasteiger partial charge in [-0.25, -0.2) is 8.78 Å². The molecule has 1 fully saturated rings. The molecule has 1 spiro atoms. The molecular formula is C23H23F2NO. The molecule has 2 aromatic rings. The second kappa shape index (κ2) is 6.59. The monoisotopic (exact) mass is 367 g/mol. The molecular weight excluding hydrogens is 344 g/mol. The lowest BCUT2D eigenvalue weighted by atomic mass is 9.96. The highest BCUT2D eigenvalue weighted by molar-refractivity contribution is 6.05. The van der Waals surface area contributed by atoms with Gasteiger partial charge in [-0.05, 0) is 85.4 Å². The van der Waals surface area contributed by atoms with Crippen LogP contribution in [-0.4, -0.2) is 5.91 Å². The lowest BCUT2D eigenvalue weighted by Crippen LogP contribution is -2.17. The quantitative estimate of drug-likeness (QED) is 0.692. The minimum Gasteiger partial charge on any atom is -0.322 e. The molecule has 27 heavy (non-hydrogen) atoms. The third-order valence-corrected chi connectivity index (χ3v) is 5.94. The fourth-order valence-electron chi connectivity index (χ4n) is 4.23. The summed E-state index contributed by atoms with van der Waals surface area (Å²) in [6.45, 7) is 4.22. The summed E-state index contributed by atoms with van der Waals surface area (Å²) < 4.78 is 27.7. The predicted octanol–water partition coefficient (Wildman–Crippen LogP) is 6.13. The minimum absolute atomic E-state index is 0.515. The number of nitrogens with one attached hydrogen (secondary N) is 1. The Bertz CT molecular complexity index is 937. The van der Waals surface area contributed by atoms with Crippen molar-refractivity contribution in [2.45, 2.75) is 46.0 Å². The summed E-state index contributed by atoms with van der Waals surface area (Å²) in [5.41, 5.74) is 5.61.